The molecular weight excluding hydrogens is 260 g/mol. The van der Waals surface area contributed by atoms with Crippen LogP contribution in [0.1, 0.15) is 0 Å². The zero-order chi connectivity index (χ0) is 12.4. The molecule has 0 bridgehead atoms. The van der Waals surface area contributed by atoms with Gasteiger partial charge in [0.1, 0.15) is 0 Å². The minimum Gasteiger partial charge on any atom is -0.137 e. The van der Waals surface area contributed by atoms with E-state index in [0.29, 0.717) is 0 Å². The van der Waals surface area contributed by atoms with Gasteiger partial charge in [0, 0.05) is 12.1 Å². The molecule has 0 atom stereocenters. The highest BCUT2D eigenvalue weighted by Gasteiger charge is 2.19. The van der Waals surface area contributed by atoms with Crippen molar-refractivity contribution >= 4 is 23.6 Å². The first-order valence-electron chi connectivity index (χ1n) is 5.60. The van der Waals surface area contributed by atoms with E-state index in [2.05, 4.69) is 29.4 Å². The zero-order valence-electron chi connectivity index (χ0n) is 9.54. The number of nitrogens with zero attached hydrogens (tertiary/aromatic N) is 1. The summed E-state index contributed by atoms with van der Waals surface area (Å²) in [5.74, 6) is 0. The van der Waals surface area contributed by atoms with Crippen LogP contribution < -0.4 is 4.68 Å². The first kappa shape index (κ1) is 11.3. The van der Waals surface area contributed by atoms with Crippen molar-refractivity contribution in [3.8, 4) is 16.3 Å². The predicted molar refractivity (Wildman–Crippen MR) is 76.5 cm³/mol. The maximum absolute atomic E-state index is 5.26. The molecule has 3 rings (SSSR count). The van der Waals surface area contributed by atoms with Gasteiger partial charge in [-0.05, 0) is 35.7 Å². The van der Waals surface area contributed by atoms with E-state index in [1.54, 1.807) is 11.3 Å². The molecule has 0 aliphatic carbocycles. The summed E-state index contributed by atoms with van der Waals surface area (Å²) in [4.78, 5) is 0. The van der Waals surface area contributed by atoms with Gasteiger partial charge in [-0.3, -0.25) is 0 Å². The van der Waals surface area contributed by atoms with Crippen molar-refractivity contribution in [1.29, 1.82) is 0 Å². The largest absolute Gasteiger partial charge is 0.301 e. The van der Waals surface area contributed by atoms with Crippen molar-refractivity contribution in [3.05, 3.63) is 64.6 Å². The molecule has 0 radical (unpaired) electrons. The van der Waals surface area contributed by atoms with E-state index in [4.69, 9.17) is 12.2 Å². The topological polar surface area (TPSA) is 19.7 Å². The Labute approximate surface area is 114 Å². The third-order valence-electron chi connectivity index (χ3n) is 2.63. The Morgan fingerprint density at radius 3 is 2.17 bits per heavy atom. The van der Waals surface area contributed by atoms with Crippen molar-refractivity contribution in [2.75, 3.05) is 0 Å². The highest BCUT2D eigenvalue weighted by Crippen LogP contribution is 2.21. The number of aromatic nitrogens is 2. The summed E-state index contributed by atoms with van der Waals surface area (Å²) in [6.07, 6.45) is 0. The fraction of sp³-hybridized carbons (Fsp3) is 0. The molecular formula is C14H11N2S2+. The van der Waals surface area contributed by atoms with Gasteiger partial charge in [0.05, 0.1) is 5.56 Å². The molecule has 1 heterocycles. The lowest BCUT2D eigenvalue weighted by Gasteiger charge is -1.95. The second-order valence-electron chi connectivity index (χ2n) is 3.84. The Morgan fingerprint density at radius 2 is 1.50 bits per heavy atom. The Bertz CT molecular complexity index is 639. The van der Waals surface area contributed by atoms with E-state index >= 15 is 0 Å². The average molecular weight is 271 g/mol. The van der Waals surface area contributed by atoms with Gasteiger partial charge in [-0.25, -0.2) is 0 Å². The van der Waals surface area contributed by atoms with E-state index in [1.807, 2.05) is 41.1 Å². The first-order valence-corrected chi connectivity index (χ1v) is 6.83. The van der Waals surface area contributed by atoms with Crippen LogP contribution in [0.3, 0.4) is 0 Å². The molecule has 3 aromatic rings. The summed E-state index contributed by atoms with van der Waals surface area (Å²) in [5.41, 5.74) is 2.25. The molecule has 0 aliphatic rings. The van der Waals surface area contributed by atoms with Gasteiger partial charge in [-0.1, -0.05) is 41.1 Å². The fourth-order valence-electron chi connectivity index (χ4n) is 1.83. The van der Waals surface area contributed by atoms with Crippen LogP contribution >= 0.6 is 23.6 Å². The SMILES string of the molecule is S=c1[nH][n+](-c2ccccc2)c(-c2ccccc2)s1. The molecule has 1 aromatic heterocycles. The monoisotopic (exact) mass is 271 g/mol. The molecule has 0 saturated heterocycles. The van der Waals surface area contributed by atoms with Crippen LogP contribution in [0.15, 0.2) is 60.7 Å². The van der Waals surface area contributed by atoms with Gasteiger partial charge in [-0.15, -0.1) is 5.10 Å². The van der Waals surface area contributed by atoms with Gasteiger partial charge in [0.2, 0.25) is 9.64 Å². The molecule has 0 amide bonds. The van der Waals surface area contributed by atoms with E-state index in [0.717, 1.165) is 14.6 Å². The molecule has 2 nitrogen and oxygen atoms in total. The summed E-state index contributed by atoms with van der Waals surface area (Å²) >= 11 is 6.85. The third-order valence-corrected chi connectivity index (χ3v) is 3.86. The first-order chi connectivity index (χ1) is 8.84. The van der Waals surface area contributed by atoms with E-state index in [9.17, 15) is 0 Å². The number of benzene rings is 2. The van der Waals surface area contributed by atoms with Crippen LogP contribution in [0.25, 0.3) is 16.3 Å². The second kappa shape index (κ2) is 4.84. The van der Waals surface area contributed by atoms with Crippen LogP contribution in [-0.4, -0.2) is 5.10 Å². The Morgan fingerprint density at radius 1 is 0.889 bits per heavy atom. The number of nitrogens with one attached hydrogen (secondary N) is 1. The molecule has 18 heavy (non-hydrogen) atoms. The normalized spacial score (nSPS) is 10.4. The zero-order valence-corrected chi connectivity index (χ0v) is 11.2. The molecule has 1 N–H and O–H groups in total. The minimum atomic E-state index is 0.776. The average Bonchev–Trinajstić information content (AvgIpc) is 2.83. The van der Waals surface area contributed by atoms with Crippen molar-refractivity contribution in [1.82, 2.24) is 5.10 Å². The molecule has 2 aromatic carbocycles. The van der Waals surface area contributed by atoms with E-state index in [-0.39, 0.29) is 0 Å². The summed E-state index contributed by atoms with van der Waals surface area (Å²) < 4.78 is 2.81. The quantitative estimate of drug-likeness (QED) is 0.556. The lowest BCUT2D eigenvalue weighted by Crippen LogP contribution is -2.34. The molecule has 0 unspecified atom stereocenters. The van der Waals surface area contributed by atoms with Gasteiger partial charge in [0.15, 0.2) is 0 Å². The fourth-order valence-corrected chi connectivity index (χ4v) is 2.96. The van der Waals surface area contributed by atoms with Crippen LogP contribution in [0.4, 0.5) is 0 Å². The molecule has 0 spiro atoms. The molecule has 0 saturated carbocycles. The molecule has 4 heteroatoms. The highest BCUT2D eigenvalue weighted by molar-refractivity contribution is 7.73. The molecule has 88 valence electrons. The van der Waals surface area contributed by atoms with Gasteiger partial charge >= 0.3 is 5.01 Å². The number of para-hydroxylation sites is 1. The lowest BCUT2D eigenvalue weighted by molar-refractivity contribution is -0.643. The smallest absolute Gasteiger partial charge is 0.137 e. The third kappa shape index (κ3) is 2.12. The maximum Gasteiger partial charge on any atom is 0.301 e. The number of H-pyrrole nitrogens is 1. The van der Waals surface area contributed by atoms with Crippen molar-refractivity contribution in [2.45, 2.75) is 0 Å². The van der Waals surface area contributed by atoms with E-state index in [1.165, 1.54) is 5.56 Å². The number of hydrogen-bond donors (Lipinski definition) is 1. The van der Waals surface area contributed by atoms with Crippen molar-refractivity contribution in [3.63, 3.8) is 0 Å². The number of aromatic amines is 1. The summed E-state index contributed by atoms with van der Waals surface area (Å²) in [5, 5.41) is 4.33. The number of rotatable bonds is 2. The summed E-state index contributed by atoms with van der Waals surface area (Å²) in [7, 11) is 0. The summed E-state index contributed by atoms with van der Waals surface area (Å²) in [6, 6.07) is 20.4. The standard InChI is InChI=1S/C14H10N2S2/c17-14-15-16(12-9-5-2-6-10-12)13(18-14)11-7-3-1-4-8-11/h1-10H/p+1. The van der Waals surface area contributed by atoms with Crippen LogP contribution in [0.5, 0.6) is 0 Å². The van der Waals surface area contributed by atoms with Gasteiger partial charge in [0.25, 0.3) is 0 Å². The van der Waals surface area contributed by atoms with Crippen molar-refractivity contribution < 1.29 is 4.68 Å². The van der Waals surface area contributed by atoms with Gasteiger partial charge in [-0.2, -0.15) is 0 Å². The predicted octanol–water partition coefficient (Wildman–Crippen LogP) is 3.75. The van der Waals surface area contributed by atoms with Crippen LogP contribution in [0.2, 0.25) is 0 Å². The Hall–Kier alpha value is -1.78. The number of hydrogen-bond acceptors (Lipinski definition) is 2. The Kier molecular flexibility index (Phi) is 3.04. The lowest BCUT2D eigenvalue weighted by atomic mass is 10.2. The second-order valence-corrected chi connectivity index (χ2v) is 5.51. The minimum absolute atomic E-state index is 0.776. The maximum atomic E-state index is 5.26. The van der Waals surface area contributed by atoms with Crippen molar-refractivity contribution in [2.24, 2.45) is 0 Å². The Balaban J connectivity index is 2.21. The molecule has 0 aliphatic heterocycles. The highest BCUT2D eigenvalue weighted by atomic mass is 32.1. The van der Waals surface area contributed by atoms with Crippen LogP contribution in [-0.2, 0) is 0 Å². The van der Waals surface area contributed by atoms with E-state index < -0.39 is 0 Å². The van der Waals surface area contributed by atoms with Gasteiger partial charge < -0.3 is 0 Å². The summed E-state index contributed by atoms with van der Waals surface area (Å²) in [6.45, 7) is 0. The van der Waals surface area contributed by atoms with Crippen LogP contribution in [0, 0.1) is 3.95 Å². The molecule has 0 fully saturated rings.